The van der Waals surface area contributed by atoms with Gasteiger partial charge in [-0.1, -0.05) is 12.1 Å². The van der Waals surface area contributed by atoms with Gasteiger partial charge in [0.1, 0.15) is 11.4 Å². The predicted octanol–water partition coefficient (Wildman–Crippen LogP) is 3.21. The molecular formula is C19H21ClFN5OS. The maximum Gasteiger partial charge on any atom is 0.254 e. The molecule has 0 unspecified atom stereocenters. The molecule has 3 aromatic rings. The summed E-state index contributed by atoms with van der Waals surface area (Å²) in [4.78, 5) is 18.5. The van der Waals surface area contributed by atoms with Gasteiger partial charge in [0.25, 0.3) is 5.91 Å². The van der Waals surface area contributed by atoms with Gasteiger partial charge in [0.2, 0.25) is 0 Å². The number of halogens is 2. The van der Waals surface area contributed by atoms with E-state index >= 15 is 0 Å². The highest BCUT2D eigenvalue weighted by atomic mass is 35.5. The number of thiazole rings is 1. The molecule has 3 heterocycles. The molecule has 28 heavy (non-hydrogen) atoms. The van der Waals surface area contributed by atoms with E-state index in [1.54, 1.807) is 29.2 Å². The molecule has 1 aliphatic heterocycles. The lowest BCUT2D eigenvalue weighted by molar-refractivity contribution is -0.126. The van der Waals surface area contributed by atoms with Crippen LogP contribution in [0.5, 0.6) is 0 Å². The minimum Gasteiger partial charge on any atom is -0.317 e. The second kappa shape index (κ2) is 8.81. The van der Waals surface area contributed by atoms with Gasteiger partial charge >= 0.3 is 0 Å². The van der Waals surface area contributed by atoms with E-state index in [0.29, 0.717) is 24.4 Å². The third-order valence-corrected chi connectivity index (χ3v) is 5.77. The van der Waals surface area contributed by atoms with Crippen LogP contribution in [0.3, 0.4) is 0 Å². The molecule has 0 bridgehead atoms. The summed E-state index contributed by atoms with van der Waals surface area (Å²) in [6.45, 7) is 1.53. The van der Waals surface area contributed by atoms with Crippen molar-refractivity contribution in [2.24, 2.45) is 0 Å². The lowest BCUT2D eigenvalue weighted by Crippen LogP contribution is -2.52. The molecule has 2 aromatic heterocycles. The number of amides is 1. The predicted molar refractivity (Wildman–Crippen MR) is 110 cm³/mol. The molecule has 0 atom stereocenters. The zero-order valence-corrected chi connectivity index (χ0v) is 16.7. The van der Waals surface area contributed by atoms with Crippen LogP contribution < -0.4 is 10.6 Å². The number of hydrogen-bond acceptors (Lipinski definition) is 5. The second-order valence-electron chi connectivity index (χ2n) is 6.62. The Labute approximate surface area is 172 Å². The Kier molecular flexibility index (Phi) is 6.43. The van der Waals surface area contributed by atoms with E-state index in [-0.39, 0.29) is 24.1 Å². The molecule has 1 fully saturated rings. The molecule has 0 spiro atoms. The first-order valence-electron chi connectivity index (χ1n) is 8.87. The number of rotatable bonds is 5. The quantitative estimate of drug-likeness (QED) is 0.663. The van der Waals surface area contributed by atoms with E-state index in [1.165, 1.54) is 23.5 Å². The smallest absolute Gasteiger partial charge is 0.254 e. The number of carbonyl (C=O) groups is 1. The number of benzene rings is 1. The Bertz CT molecular complexity index is 907. The minimum absolute atomic E-state index is 0. The fourth-order valence-corrected chi connectivity index (χ4v) is 4.23. The van der Waals surface area contributed by atoms with Gasteiger partial charge in [0.05, 0.1) is 0 Å². The zero-order chi connectivity index (χ0) is 18.7. The van der Waals surface area contributed by atoms with E-state index < -0.39 is 5.54 Å². The normalized spacial score (nSPS) is 15.6. The van der Waals surface area contributed by atoms with Gasteiger partial charge < -0.3 is 5.32 Å². The maximum absolute atomic E-state index is 13.1. The van der Waals surface area contributed by atoms with E-state index in [4.69, 9.17) is 0 Å². The third-order valence-electron chi connectivity index (χ3n) is 4.86. The standard InChI is InChI=1S/C19H20FN5OS.ClH/c20-15-4-2-14(3-5-15)12-16-13-22-18(27-16)24-17(26)19(6-9-21-10-7-19)25-11-1-8-23-25;/h1-5,8,11,13,21H,6-7,9-10,12H2,(H,22,24,26);1H. The van der Waals surface area contributed by atoms with Gasteiger partial charge in [-0.15, -0.1) is 23.7 Å². The fourth-order valence-electron chi connectivity index (χ4n) is 3.39. The van der Waals surface area contributed by atoms with Gasteiger partial charge in [-0.25, -0.2) is 9.37 Å². The van der Waals surface area contributed by atoms with Gasteiger partial charge in [0.15, 0.2) is 5.13 Å². The van der Waals surface area contributed by atoms with Gasteiger partial charge in [-0.05, 0) is 49.7 Å². The maximum atomic E-state index is 13.1. The van der Waals surface area contributed by atoms with Crippen LogP contribution in [-0.4, -0.2) is 33.8 Å². The van der Waals surface area contributed by atoms with Crippen molar-refractivity contribution in [3.8, 4) is 0 Å². The average Bonchev–Trinajstić information content (AvgIpc) is 3.37. The Morgan fingerprint density at radius 2 is 2.04 bits per heavy atom. The number of hydrogen-bond donors (Lipinski definition) is 2. The highest BCUT2D eigenvalue weighted by Gasteiger charge is 2.42. The number of aromatic nitrogens is 3. The van der Waals surface area contributed by atoms with E-state index in [0.717, 1.165) is 23.5 Å². The van der Waals surface area contributed by atoms with Gasteiger partial charge in [-0.2, -0.15) is 5.10 Å². The van der Waals surface area contributed by atoms with Crippen LogP contribution in [0.25, 0.3) is 0 Å². The third kappa shape index (κ3) is 4.24. The summed E-state index contributed by atoms with van der Waals surface area (Å²) >= 11 is 1.44. The first kappa shape index (κ1) is 20.4. The first-order chi connectivity index (χ1) is 13.2. The summed E-state index contributed by atoms with van der Waals surface area (Å²) < 4.78 is 14.8. The molecule has 0 radical (unpaired) electrons. The van der Waals surface area contributed by atoms with Gasteiger partial charge in [0, 0.05) is 29.9 Å². The number of nitrogens with one attached hydrogen (secondary N) is 2. The highest BCUT2D eigenvalue weighted by Crippen LogP contribution is 2.30. The number of piperidine rings is 1. The van der Waals surface area contributed by atoms with Crippen molar-refractivity contribution in [3.05, 3.63) is 65.2 Å². The van der Waals surface area contributed by atoms with Crippen molar-refractivity contribution >= 4 is 34.8 Å². The summed E-state index contributed by atoms with van der Waals surface area (Å²) in [6.07, 6.45) is 7.30. The highest BCUT2D eigenvalue weighted by molar-refractivity contribution is 7.15. The summed E-state index contributed by atoms with van der Waals surface area (Å²) in [5.74, 6) is -0.336. The number of carbonyl (C=O) groups excluding carboxylic acids is 1. The number of anilines is 1. The lowest BCUT2D eigenvalue weighted by atomic mass is 9.87. The van der Waals surface area contributed by atoms with Crippen molar-refractivity contribution < 1.29 is 9.18 Å². The Morgan fingerprint density at radius 1 is 1.29 bits per heavy atom. The Balaban J connectivity index is 0.00000225. The van der Waals surface area contributed by atoms with Crippen LogP contribution in [-0.2, 0) is 16.8 Å². The van der Waals surface area contributed by atoms with E-state index in [2.05, 4.69) is 20.7 Å². The fraction of sp³-hybridized carbons (Fsp3) is 0.316. The topological polar surface area (TPSA) is 71.8 Å². The summed E-state index contributed by atoms with van der Waals surface area (Å²) in [7, 11) is 0. The van der Waals surface area contributed by atoms with Gasteiger partial charge in [-0.3, -0.25) is 14.8 Å². The molecule has 1 aliphatic rings. The molecule has 0 saturated carbocycles. The van der Waals surface area contributed by atoms with Crippen molar-refractivity contribution in [1.29, 1.82) is 0 Å². The van der Waals surface area contributed by atoms with E-state index in [9.17, 15) is 9.18 Å². The molecule has 148 valence electrons. The summed E-state index contributed by atoms with van der Waals surface area (Å²) in [5, 5.41) is 11.2. The van der Waals surface area contributed by atoms with Crippen LogP contribution in [0.1, 0.15) is 23.3 Å². The summed E-state index contributed by atoms with van der Waals surface area (Å²) in [5.41, 5.74) is 0.307. The molecule has 1 amide bonds. The SMILES string of the molecule is Cl.O=C(Nc1ncc(Cc2ccc(F)cc2)s1)C1(n2cccn2)CCNCC1. The average molecular weight is 422 g/mol. The molecule has 4 rings (SSSR count). The molecule has 0 aliphatic carbocycles. The molecular weight excluding hydrogens is 401 g/mol. The molecule has 9 heteroatoms. The zero-order valence-electron chi connectivity index (χ0n) is 15.1. The molecule has 2 N–H and O–H groups in total. The van der Waals surface area contributed by atoms with Crippen LogP contribution in [0.15, 0.2) is 48.9 Å². The van der Waals surface area contributed by atoms with E-state index in [1.807, 2.05) is 12.3 Å². The van der Waals surface area contributed by atoms with Crippen LogP contribution in [0.2, 0.25) is 0 Å². The molecule has 1 aromatic carbocycles. The number of nitrogens with zero attached hydrogens (tertiary/aromatic N) is 3. The Hall–Kier alpha value is -2.29. The monoisotopic (exact) mass is 421 g/mol. The van der Waals surface area contributed by atoms with Crippen molar-refractivity contribution in [2.45, 2.75) is 24.8 Å². The molecule has 6 nitrogen and oxygen atoms in total. The van der Waals surface area contributed by atoms with Crippen molar-refractivity contribution in [2.75, 3.05) is 18.4 Å². The first-order valence-corrected chi connectivity index (χ1v) is 9.69. The van der Waals surface area contributed by atoms with Crippen LogP contribution in [0.4, 0.5) is 9.52 Å². The summed E-state index contributed by atoms with van der Waals surface area (Å²) in [6, 6.07) is 8.25. The van der Waals surface area contributed by atoms with Crippen LogP contribution in [0, 0.1) is 5.82 Å². The largest absolute Gasteiger partial charge is 0.317 e. The molecule has 1 saturated heterocycles. The Morgan fingerprint density at radius 3 is 2.71 bits per heavy atom. The second-order valence-corrected chi connectivity index (χ2v) is 7.74. The minimum atomic E-state index is -0.697. The van der Waals surface area contributed by atoms with Crippen LogP contribution >= 0.6 is 23.7 Å². The van der Waals surface area contributed by atoms with Crippen molar-refractivity contribution in [3.63, 3.8) is 0 Å². The lowest BCUT2D eigenvalue weighted by Gasteiger charge is -2.36. The van der Waals surface area contributed by atoms with Crippen molar-refractivity contribution in [1.82, 2.24) is 20.1 Å².